The third-order valence-electron chi connectivity index (χ3n) is 5.26. The molecular formula is C19H20N8. The van der Waals surface area contributed by atoms with Crippen molar-refractivity contribution in [3.05, 3.63) is 48.8 Å². The van der Waals surface area contributed by atoms with Gasteiger partial charge in [0.15, 0.2) is 5.82 Å². The molecule has 0 atom stereocenters. The Kier molecular flexibility index (Phi) is 3.63. The minimum atomic E-state index is 0.360. The summed E-state index contributed by atoms with van der Waals surface area (Å²) < 4.78 is 2.03. The van der Waals surface area contributed by atoms with Crippen molar-refractivity contribution in [1.82, 2.24) is 29.5 Å². The van der Waals surface area contributed by atoms with Crippen molar-refractivity contribution >= 4 is 28.2 Å². The molecule has 5 rings (SSSR count). The van der Waals surface area contributed by atoms with Crippen LogP contribution in [0.5, 0.6) is 0 Å². The predicted molar refractivity (Wildman–Crippen MR) is 104 cm³/mol. The second kappa shape index (κ2) is 6.15. The molecule has 0 saturated carbocycles. The fraction of sp³-hybridized carbons (Fsp3) is 0.316. The molecule has 1 fully saturated rings. The highest BCUT2D eigenvalue weighted by Crippen LogP contribution is 2.29. The second-order valence-electron chi connectivity index (χ2n) is 6.80. The van der Waals surface area contributed by atoms with Gasteiger partial charge in [-0.15, -0.1) is 10.2 Å². The van der Waals surface area contributed by atoms with Gasteiger partial charge < -0.3 is 9.80 Å². The van der Waals surface area contributed by atoms with Crippen LogP contribution in [-0.4, -0.2) is 55.7 Å². The Morgan fingerprint density at radius 2 is 1.96 bits per heavy atom. The Balaban J connectivity index is 1.40. The Bertz CT molecular complexity index is 1110. The largest absolute Gasteiger partial charge is 0.353 e. The van der Waals surface area contributed by atoms with E-state index >= 15 is 0 Å². The number of benzene rings is 1. The van der Waals surface area contributed by atoms with E-state index in [-0.39, 0.29) is 0 Å². The number of rotatable bonds is 4. The summed E-state index contributed by atoms with van der Waals surface area (Å²) in [5.74, 6) is 2.81. The van der Waals surface area contributed by atoms with Gasteiger partial charge >= 0.3 is 0 Å². The molecule has 27 heavy (non-hydrogen) atoms. The highest BCUT2D eigenvalue weighted by atomic mass is 15.4. The van der Waals surface area contributed by atoms with Crippen molar-refractivity contribution in [3.63, 3.8) is 0 Å². The molecule has 136 valence electrons. The van der Waals surface area contributed by atoms with Gasteiger partial charge in [0, 0.05) is 44.3 Å². The lowest BCUT2D eigenvalue weighted by Crippen LogP contribution is -2.59. The number of fused-ring (bicyclic) bond motifs is 2. The normalized spacial score (nSPS) is 14.7. The first-order valence-corrected chi connectivity index (χ1v) is 9.12. The summed E-state index contributed by atoms with van der Waals surface area (Å²) in [7, 11) is 2.09. The first-order chi connectivity index (χ1) is 13.3. The van der Waals surface area contributed by atoms with Crippen LogP contribution in [0.3, 0.4) is 0 Å². The van der Waals surface area contributed by atoms with E-state index in [0.29, 0.717) is 6.04 Å². The lowest BCUT2D eigenvalue weighted by Gasteiger charge is -2.45. The molecule has 1 aliphatic rings. The van der Waals surface area contributed by atoms with Crippen LogP contribution in [0.25, 0.3) is 16.6 Å². The quantitative estimate of drug-likeness (QED) is 0.551. The van der Waals surface area contributed by atoms with Crippen LogP contribution in [0.1, 0.15) is 12.7 Å². The van der Waals surface area contributed by atoms with E-state index in [2.05, 4.69) is 55.0 Å². The van der Waals surface area contributed by atoms with Crippen LogP contribution >= 0.6 is 0 Å². The highest BCUT2D eigenvalue weighted by Gasteiger charge is 2.33. The molecule has 0 amide bonds. The van der Waals surface area contributed by atoms with Crippen LogP contribution in [0, 0.1) is 0 Å². The maximum Gasteiger partial charge on any atom is 0.203 e. The number of likely N-dealkylation sites (N-methyl/N-ethyl adjacent to an activating group) is 1. The lowest BCUT2D eigenvalue weighted by atomic mass is 10.1. The molecule has 4 heterocycles. The third kappa shape index (κ3) is 2.48. The average Bonchev–Trinajstić information content (AvgIpc) is 3.10. The molecular weight excluding hydrogens is 340 g/mol. The van der Waals surface area contributed by atoms with Gasteiger partial charge in [-0.25, -0.2) is 15.0 Å². The Morgan fingerprint density at radius 3 is 2.81 bits per heavy atom. The summed E-state index contributed by atoms with van der Waals surface area (Å²) in [5.41, 5.74) is 1.79. The standard InChI is InChI=1S/C19H20N8/c1-3-16-23-24-19-18(20-8-9-27(16)19)26-10-13(11-26)25(2)17-14-6-4-5-7-15(14)21-12-22-17/h4-9,12-13H,3,10-11H2,1-2H3. The van der Waals surface area contributed by atoms with Crippen LogP contribution in [-0.2, 0) is 6.42 Å². The van der Waals surface area contributed by atoms with Crippen molar-refractivity contribution in [2.24, 2.45) is 0 Å². The molecule has 1 saturated heterocycles. The number of anilines is 2. The van der Waals surface area contributed by atoms with Crippen LogP contribution < -0.4 is 9.80 Å². The topological polar surface area (TPSA) is 75.3 Å². The monoisotopic (exact) mass is 360 g/mol. The van der Waals surface area contributed by atoms with E-state index in [9.17, 15) is 0 Å². The zero-order valence-electron chi connectivity index (χ0n) is 15.3. The molecule has 4 aromatic rings. The van der Waals surface area contributed by atoms with Gasteiger partial charge in [0.1, 0.15) is 18.0 Å². The minimum Gasteiger partial charge on any atom is -0.353 e. The van der Waals surface area contributed by atoms with Crippen molar-refractivity contribution in [2.45, 2.75) is 19.4 Å². The zero-order valence-corrected chi connectivity index (χ0v) is 15.3. The molecule has 0 radical (unpaired) electrons. The SMILES string of the molecule is CCc1nnc2c(N3CC(N(C)c4ncnc5ccccc45)C3)nccn12. The predicted octanol–water partition coefficient (Wildman–Crippen LogP) is 1.95. The molecule has 8 heteroatoms. The van der Waals surface area contributed by atoms with Crippen molar-refractivity contribution in [1.29, 1.82) is 0 Å². The first kappa shape index (κ1) is 15.9. The van der Waals surface area contributed by atoms with E-state index in [1.807, 2.05) is 35.0 Å². The third-order valence-corrected chi connectivity index (χ3v) is 5.26. The maximum atomic E-state index is 4.55. The van der Waals surface area contributed by atoms with E-state index in [1.165, 1.54) is 0 Å². The summed E-state index contributed by atoms with van der Waals surface area (Å²) in [6.45, 7) is 3.82. The smallest absolute Gasteiger partial charge is 0.203 e. The van der Waals surface area contributed by atoms with E-state index in [4.69, 9.17) is 0 Å². The van der Waals surface area contributed by atoms with E-state index in [0.717, 1.165) is 53.5 Å². The molecule has 0 N–H and O–H groups in total. The van der Waals surface area contributed by atoms with Crippen LogP contribution in [0.2, 0.25) is 0 Å². The number of aromatic nitrogens is 6. The Labute approximate surface area is 156 Å². The van der Waals surface area contributed by atoms with Gasteiger partial charge in [-0.2, -0.15) is 0 Å². The van der Waals surface area contributed by atoms with Gasteiger partial charge in [-0.3, -0.25) is 4.40 Å². The van der Waals surface area contributed by atoms with Crippen LogP contribution in [0.15, 0.2) is 43.0 Å². The van der Waals surface area contributed by atoms with Gasteiger partial charge in [0.2, 0.25) is 5.65 Å². The number of hydrogen-bond donors (Lipinski definition) is 0. The summed E-state index contributed by atoms with van der Waals surface area (Å²) in [5, 5.41) is 9.68. The molecule has 3 aromatic heterocycles. The number of para-hydroxylation sites is 1. The molecule has 0 unspecified atom stereocenters. The molecule has 0 aliphatic carbocycles. The number of nitrogens with zero attached hydrogens (tertiary/aromatic N) is 8. The van der Waals surface area contributed by atoms with E-state index in [1.54, 1.807) is 6.33 Å². The van der Waals surface area contributed by atoms with Gasteiger partial charge in [0.05, 0.1) is 11.6 Å². The highest BCUT2D eigenvalue weighted by molar-refractivity contribution is 5.89. The Morgan fingerprint density at radius 1 is 1.11 bits per heavy atom. The summed E-state index contributed by atoms with van der Waals surface area (Å²) >= 11 is 0. The molecule has 0 bridgehead atoms. The van der Waals surface area contributed by atoms with Gasteiger partial charge in [-0.1, -0.05) is 19.1 Å². The fourth-order valence-corrected chi connectivity index (χ4v) is 3.64. The van der Waals surface area contributed by atoms with Crippen LogP contribution in [0.4, 0.5) is 11.6 Å². The summed E-state index contributed by atoms with van der Waals surface area (Å²) in [6.07, 6.45) is 6.22. The van der Waals surface area contributed by atoms with Gasteiger partial charge in [0.25, 0.3) is 0 Å². The first-order valence-electron chi connectivity index (χ1n) is 9.12. The molecule has 8 nitrogen and oxygen atoms in total. The van der Waals surface area contributed by atoms with Crippen molar-refractivity contribution < 1.29 is 0 Å². The molecule has 1 aliphatic heterocycles. The lowest BCUT2D eigenvalue weighted by molar-refractivity contribution is 0.491. The second-order valence-corrected chi connectivity index (χ2v) is 6.80. The van der Waals surface area contributed by atoms with Crippen molar-refractivity contribution in [2.75, 3.05) is 29.9 Å². The van der Waals surface area contributed by atoms with Crippen molar-refractivity contribution in [3.8, 4) is 0 Å². The average molecular weight is 360 g/mol. The van der Waals surface area contributed by atoms with Gasteiger partial charge in [-0.05, 0) is 12.1 Å². The molecule has 1 aromatic carbocycles. The number of hydrogen-bond acceptors (Lipinski definition) is 7. The number of aryl methyl sites for hydroxylation is 1. The summed E-state index contributed by atoms with van der Waals surface area (Å²) in [6, 6.07) is 8.47. The molecule has 0 spiro atoms. The maximum absolute atomic E-state index is 4.55. The Hall–Kier alpha value is -3.29. The zero-order chi connectivity index (χ0) is 18.4. The minimum absolute atomic E-state index is 0.360. The van der Waals surface area contributed by atoms with E-state index < -0.39 is 0 Å². The fourth-order valence-electron chi connectivity index (χ4n) is 3.64. The summed E-state index contributed by atoms with van der Waals surface area (Å²) in [4.78, 5) is 17.9.